The summed E-state index contributed by atoms with van der Waals surface area (Å²) in [4.78, 5) is 24.1. The van der Waals surface area contributed by atoms with Crippen molar-refractivity contribution in [3.05, 3.63) is 81.7 Å². The highest BCUT2D eigenvalue weighted by Gasteiger charge is 2.51. The van der Waals surface area contributed by atoms with Crippen LogP contribution in [0.15, 0.2) is 65.4 Å². The summed E-state index contributed by atoms with van der Waals surface area (Å²) < 4.78 is 27.1. The molecule has 0 spiro atoms. The second kappa shape index (κ2) is 11.3. The number of benzene rings is 2. The molecule has 2 heterocycles. The molecule has 15 heteroatoms. The summed E-state index contributed by atoms with van der Waals surface area (Å²) in [7, 11) is -3.47. The summed E-state index contributed by atoms with van der Waals surface area (Å²) in [5.41, 5.74) is 1.55. The molecule has 3 unspecified atom stereocenters. The summed E-state index contributed by atoms with van der Waals surface area (Å²) >= 11 is 9.88. The largest absolute Gasteiger partial charge is 0.527 e. The van der Waals surface area contributed by atoms with Crippen LogP contribution in [0.25, 0.3) is 16.6 Å². The Labute approximate surface area is 246 Å². The molecular weight excluding hydrogens is 647 g/mol. The molecule has 0 bridgehead atoms. The molecule has 41 heavy (non-hydrogen) atoms. The number of rotatable bonds is 7. The lowest BCUT2D eigenvalue weighted by molar-refractivity contribution is -0.219. The number of para-hydroxylation sites is 1. The van der Waals surface area contributed by atoms with Crippen LogP contribution in [0.2, 0.25) is 5.02 Å². The summed E-state index contributed by atoms with van der Waals surface area (Å²) in [6.45, 7) is 0. The molecule has 2 aromatic heterocycles. The topological polar surface area (TPSA) is 184 Å². The lowest BCUT2D eigenvalue weighted by atomic mass is 9.85. The van der Waals surface area contributed by atoms with E-state index in [0.29, 0.717) is 26.9 Å². The second-order valence-corrected chi connectivity index (χ2v) is 12.1. The number of hydrogen-bond acceptors (Lipinski definition) is 9. The standard InChI is InChI=1S/C26H25BrClN2O10P/c1-29-10-4-7-16(29)20(31)12-5-2-3-6-14(12)30-11-17(18-15(30)9-8-13(27)19(18)28)39-41(37,38)40-26-24(35)22(33)21(32)23(34)25(26)36/h2-11,21-26,32-36H,1H3,(H,37,38)/t21?,22-,23+,24-,25-,26?/m1/s1. The van der Waals surface area contributed by atoms with E-state index in [1.807, 2.05) is 0 Å². The van der Waals surface area contributed by atoms with Crippen molar-refractivity contribution in [2.45, 2.75) is 36.6 Å². The molecule has 5 rings (SSSR count). The number of aromatic nitrogens is 2. The fraction of sp³-hybridized carbons (Fsp3) is 0.269. The summed E-state index contributed by atoms with van der Waals surface area (Å²) in [5.74, 6) is -0.532. The van der Waals surface area contributed by atoms with Gasteiger partial charge in [-0.3, -0.25) is 14.2 Å². The number of fused-ring (bicyclic) bond motifs is 1. The van der Waals surface area contributed by atoms with Crippen molar-refractivity contribution in [1.29, 1.82) is 0 Å². The van der Waals surface area contributed by atoms with Crippen LogP contribution in [0.1, 0.15) is 16.1 Å². The maximum absolute atomic E-state index is 13.5. The molecular formula is C26H25BrClN2O10P. The van der Waals surface area contributed by atoms with Crippen LogP contribution in [0.5, 0.6) is 5.75 Å². The van der Waals surface area contributed by atoms with Gasteiger partial charge in [0.15, 0.2) is 5.75 Å². The van der Waals surface area contributed by atoms with Gasteiger partial charge in [0.05, 0.1) is 33.5 Å². The van der Waals surface area contributed by atoms with Crippen molar-refractivity contribution in [3.63, 3.8) is 0 Å². The van der Waals surface area contributed by atoms with Crippen LogP contribution >= 0.6 is 35.4 Å². The van der Waals surface area contributed by atoms with Gasteiger partial charge in [-0.05, 0) is 52.3 Å². The molecule has 1 saturated carbocycles. The zero-order valence-electron chi connectivity index (χ0n) is 21.2. The summed E-state index contributed by atoms with van der Waals surface area (Å²) in [6, 6.07) is 13.4. The van der Waals surface area contributed by atoms with E-state index in [9.17, 15) is 39.8 Å². The minimum atomic E-state index is -5.21. The highest BCUT2D eigenvalue weighted by molar-refractivity contribution is 9.10. The minimum absolute atomic E-state index is 0.106. The molecule has 2 aromatic carbocycles. The molecule has 1 aliphatic rings. The van der Waals surface area contributed by atoms with Crippen LogP contribution in [-0.4, -0.2) is 82.0 Å². The van der Waals surface area contributed by atoms with Crippen LogP contribution in [-0.2, 0) is 16.1 Å². The van der Waals surface area contributed by atoms with Crippen LogP contribution in [0.4, 0.5) is 0 Å². The Morgan fingerprint density at radius 3 is 2.22 bits per heavy atom. The van der Waals surface area contributed by atoms with E-state index in [2.05, 4.69) is 15.9 Å². The lowest BCUT2D eigenvalue weighted by Gasteiger charge is -2.41. The van der Waals surface area contributed by atoms with Gasteiger partial charge < -0.3 is 39.2 Å². The maximum Gasteiger partial charge on any atom is 0.527 e. The molecule has 0 aliphatic heterocycles. The number of aliphatic hydroxyl groups is 5. The molecule has 0 amide bonds. The molecule has 0 radical (unpaired) electrons. The third kappa shape index (κ3) is 5.39. The molecule has 218 valence electrons. The highest BCUT2D eigenvalue weighted by Crippen LogP contribution is 2.51. The number of hydrogen-bond donors (Lipinski definition) is 6. The van der Waals surface area contributed by atoms with Gasteiger partial charge >= 0.3 is 7.82 Å². The third-order valence-corrected chi connectivity index (χ3v) is 9.17. The van der Waals surface area contributed by atoms with Gasteiger partial charge in [0, 0.05) is 23.3 Å². The van der Waals surface area contributed by atoms with Gasteiger partial charge in [-0.2, -0.15) is 0 Å². The molecule has 6 N–H and O–H groups in total. The normalized spacial score (nSPS) is 26.2. The van der Waals surface area contributed by atoms with E-state index in [1.165, 1.54) is 6.20 Å². The van der Waals surface area contributed by atoms with Crippen LogP contribution in [0.3, 0.4) is 0 Å². The summed E-state index contributed by atoms with van der Waals surface area (Å²) in [6.07, 6.45) is -8.91. The molecule has 0 saturated heterocycles. The molecule has 1 aliphatic carbocycles. The fourth-order valence-electron chi connectivity index (χ4n) is 4.83. The van der Waals surface area contributed by atoms with Crippen LogP contribution in [0, 0.1) is 0 Å². The number of carbonyl (C=O) groups is 1. The van der Waals surface area contributed by atoms with Crippen molar-refractivity contribution in [3.8, 4) is 11.4 Å². The van der Waals surface area contributed by atoms with E-state index in [4.69, 9.17) is 20.6 Å². The van der Waals surface area contributed by atoms with Gasteiger partial charge in [0.1, 0.15) is 36.6 Å². The zero-order chi connectivity index (χ0) is 29.8. The first kappa shape index (κ1) is 29.9. The summed E-state index contributed by atoms with van der Waals surface area (Å²) in [5, 5.41) is 50.5. The van der Waals surface area contributed by atoms with Gasteiger partial charge in [0.2, 0.25) is 5.78 Å². The Hall–Kier alpha value is -2.55. The lowest BCUT2D eigenvalue weighted by Crippen LogP contribution is -2.64. The first-order valence-electron chi connectivity index (χ1n) is 12.2. The number of ketones is 1. The first-order valence-corrected chi connectivity index (χ1v) is 14.8. The molecule has 12 nitrogen and oxygen atoms in total. The Kier molecular flexibility index (Phi) is 8.22. The monoisotopic (exact) mass is 670 g/mol. The van der Waals surface area contributed by atoms with Gasteiger partial charge in [-0.15, -0.1) is 0 Å². The number of carbonyl (C=O) groups excluding carboxylic acids is 1. The van der Waals surface area contributed by atoms with Gasteiger partial charge in [0.25, 0.3) is 0 Å². The maximum atomic E-state index is 13.5. The Morgan fingerprint density at radius 1 is 0.951 bits per heavy atom. The number of phosphoric ester groups is 1. The van der Waals surface area contributed by atoms with Gasteiger partial charge in [-0.25, -0.2) is 4.57 Å². The predicted molar refractivity (Wildman–Crippen MR) is 150 cm³/mol. The van der Waals surface area contributed by atoms with E-state index in [-0.39, 0.29) is 21.9 Å². The SMILES string of the molecule is Cn1cccc1C(=O)c1ccccc1-n1cc(OP(=O)(O)OC2[C@H](O)[C@H](O)C(O)[C@H](O)[C@H]2O)c2c(Cl)c(Br)ccc21. The van der Waals surface area contributed by atoms with Crippen molar-refractivity contribution < 1.29 is 48.8 Å². The van der Waals surface area contributed by atoms with Gasteiger partial charge in [-0.1, -0.05) is 23.7 Å². The number of aliphatic hydroxyl groups excluding tert-OH is 5. The smallest absolute Gasteiger partial charge is 0.402 e. The fourth-order valence-corrected chi connectivity index (χ4v) is 6.40. The molecule has 7 atom stereocenters. The van der Waals surface area contributed by atoms with Crippen molar-refractivity contribution in [2.24, 2.45) is 7.05 Å². The minimum Gasteiger partial charge on any atom is -0.402 e. The number of phosphoric acid groups is 1. The number of nitrogens with zero attached hydrogens (tertiary/aromatic N) is 2. The molecule has 4 aromatic rings. The quantitative estimate of drug-likeness (QED) is 0.126. The Morgan fingerprint density at radius 2 is 1.59 bits per heavy atom. The average molecular weight is 672 g/mol. The number of aryl methyl sites for hydroxylation is 1. The van der Waals surface area contributed by atoms with Crippen molar-refractivity contribution in [1.82, 2.24) is 9.13 Å². The van der Waals surface area contributed by atoms with E-state index < -0.39 is 44.4 Å². The Bertz CT molecular complexity index is 1660. The van der Waals surface area contributed by atoms with Crippen LogP contribution < -0.4 is 4.52 Å². The second-order valence-electron chi connectivity index (χ2n) is 9.55. The zero-order valence-corrected chi connectivity index (χ0v) is 24.4. The van der Waals surface area contributed by atoms with Crippen molar-refractivity contribution >= 4 is 52.0 Å². The average Bonchev–Trinajstić information content (AvgIpc) is 3.53. The third-order valence-electron chi connectivity index (χ3n) is 6.95. The Balaban J connectivity index is 1.57. The predicted octanol–water partition coefficient (Wildman–Crippen LogP) is 2.30. The van der Waals surface area contributed by atoms with E-state index in [1.54, 1.807) is 70.9 Å². The number of halogens is 2. The van der Waals surface area contributed by atoms with Crippen molar-refractivity contribution in [2.75, 3.05) is 0 Å². The van der Waals surface area contributed by atoms with E-state index in [0.717, 1.165) is 0 Å². The van der Waals surface area contributed by atoms with E-state index >= 15 is 0 Å². The first-order chi connectivity index (χ1) is 19.3. The molecule has 1 fully saturated rings. The highest BCUT2D eigenvalue weighted by atomic mass is 79.9.